The highest BCUT2D eigenvalue weighted by atomic mass is 35.5. The molecule has 1 heterocycles. The van der Waals surface area contributed by atoms with E-state index in [2.05, 4.69) is 10.3 Å². The third-order valence-electron chi connectivity index (χ3n) is 3.09. The molecule has 2 aromatic rings. The number of hydrogen-bond donors (Lipinski definition) is 2. The molecule has 1 aromatic carbocycles. The van der Waals surface area contributed by atoms with Gasteiger partial charge in [0.05, 0.1) is 5.75 Å². The number of nitrogen functional groups attached to an aromatic ring is 1. The minimum atomic E-state index is -0.208. The monoisotopic (exact) mass is 358 g/mol. The zero-order valence-electron chi connectivity index (χ0n) is 12.5. The molecule has 0 saturated heterocycles. The summed E-state index contributed by atoms with van der Waals surface area (Å²) in [7, 11) is 0. The van der Waals surface area contributed by atoms with Crippen molar-refractivity contribution >= 4 is 35.1 Å². The molecular formula is C16H13ClN5OS+. The molecule has 8 heteroatoms. The number of nitrogens with zero attached hydrogens (tertiary/aromatic N) is 2. The summed E-state index contributed by atoms with van der Waals surface area (Å²) in [6.07, 6.45) is 0. The molecule has 0 saturated carbocycles. The van der Waals surface area contributed by atoms with E-state index in [9.17, 15) is 4.79 Å². The Morgan fingerprint density at radius 3 is 2.67 bits per heavy atom. The van der Waals surface area contributed by atoms with Gasteiger partial charge in [0, 0.05) is 11.6 Å². The van der Waals surface area contributed by atoms with Crippen LogP contribution in [0.1, 0.15) is 16.7 Å². The van der Waals surface area contributed by atoms with E-state index in [0.29, 0.717) is 16.6 Å². The van der Waals surface area contributed by atoms with Gasteiger partial charge in [-0.3, -0.25) is 10.5 Å². The van der Waals surface area contributed by atoms with Gasteiger partial charge in [0.1, 0.15) is 23.3 Å². The maximum Gasteiger partial charge on any atom is 0.289 e. The number of aromatic nitrogens is 1. The Kier molecular flexibility index (Phi) is 6.02. The summed E-state index contributed by atoms with van der Waals surface area (Å²) in [5, 5.41) is 21.8. The number of halogens is 1. The van der Waals surface area contributed by atoms with Crippen molar-refractivity contribution in [1.82, 2.24) is 5.32 Å². The Bertz CT molecular complexity index is 857. The number of H-pyrrole nitrogens is 1. The fourth-order valence-corrected chi connectivity index (χ4v) is 2.88. The molecule has 0 aliphatic heterocycles. The van der Waals surface area contributed by atoms with Gasteiger partial charge in [-0.1, -0.05) is 41.6 Å². The number of nitrogens with two attached hydrogens (primary N) is 1. The first-order chi connectivity index (χ1) is 11.5. The quantitative estimate of drug-likeness (QED) is 0.791. The lowest BCUT2D eigenvalue weighted by atomic mass is 10.2. The van der Waals surface area contributed by atoms with Crippen molar-refractivity contribution in [1.29, 1.82) is 10.5 Å². The van der Waals surface area contributed by atoms with E-state index in [1.807, 2.05) is 30.3 Å². The molecule has 0 aliphatic rings. The predicted molar refractivity (Wildman–Crippen MR) is 90.9 cm³/mol. The highest BCUT2D eigenvalue weighted by Gasteiger charge is 2.16. The molecule has 2 rings (SSSR count). The van der Waals surface area contributed by atoms with Gasteiger partial charge in [-0.15, -0.1) is 0 Å². The number of rotatable bonds is 5. The van der Waals surface area contributed by atoms with E-state index in [1.165, 1.54) is 6.07 Å². The molecule has 120 valence electrons. The molecule has 1 amide bonds. The molecule has 0 spiro atoms. The van der Waals surface area contributed by atoms with Gasteiger partial charge in [0.15, 0.2) is 5.03 Å². The van der Waals surface area contributed by atoms with E-state index >= 15 is 0 Å². The van der Waals surface area contributed by atoms with Crippen LogP contribution in [0.3, 0.4) is 0 Å². The molecule has 0 atom stereocenters. The lowest BCUT2D eigenvalue weighted by molar-refractivity contribution is -0.410. The summed E-state index contributed by atoms with van der Waals surface area (Å²) in [6, 6.07) is 12.5. The molecule has 24 heavy (non-hydrogen) atoms. The summed E-state index contributed by atoms with van der Waals surface area (Å²) in [4.78, 5) is 14.7. The number of nitriles is 2. The van der Waals surface area contributed by atoms with Crippen molar-refractivity contribution in [3.05, 3.63) is 52.0 Å². The zero-order chi connectivity index (χ0) is 17.5. The maximum absolute atomic E-state index is 12.0. The molecule has 0 unspecified atom stereocenters. The Hall–Kier alpha value is -2.74. The molecule has 4 N–H and O–H groups in total. The number of carbonyl (C=O) groups excluding carboxylic acids is 1. The second kappa shape index (κ2) is 8.21. The number of pyridine rings is 1. The van der Waals surface area contributed by atoms with Gasteiger partial charge in [0.25, 0.3) is 5.82 Å². The molecule has 0 fully saturated rings. The lowest BCUT2D eigenvalue weighted by Gasteiger charge is -2.07. The smallest absolute Gasteiger partial charge is 0.289 e. The maximum atomic E-state index is 12.0. The van der Waals surface area contributed by atoms with Crippen LogP contribution >= 0.6 is 23.4 Å². The van der Waals surface area contributed by atoms with Gasteiger partial charge in [-0.2, -0.15) is 10.5 Å². The Morgan fingerprint density at radius 1 is 1.29 bits per heavy atom. The number of nitrogens with one attached hydrogen (secondary N) is 2. The summed E-state index contributed by atoms with van der Waals surface area (Å²) < 4.78 is 0. The van der Waals surface area contributed by atoms with Crippen LogP contribution in [0.25, 0.3) is 0 Å². The van der Waals surface area contributed by atoms with Crippen molar-refractivity contribution in [3.8, 4) is 12.1 Å². The number of aromatic amines is 1. The first-order valence-electron chi connectivity index (χ1n) is 6.84. The van der Waals surface area contributed by atoms with Crippen molar-refractivity contribution in [2.75, 3.05) is 11.5 Å². The summed E-state index contributed by atoms with van der Waals surface area (Å²) >= 11 is 7.17. The molecule has 0 radical (unpaired) electrons. The fourth-order valence-electron chi connectivity index (χ4n) is 1.86. The van der Waals surface area contributed by atoms with Crippen LogP contribution in [0.15, 0.2) is 35.4 Å². The van der Waals surface area contributed by atoms with Crippen molar-refractivity contribution in [2.24, 2.45) is 0 Å². The van der Waals surface area contributed by atoms with Gasteiger partial charge >= 0.3 is 0 Å². The standard InChI is InChI=1S/C16H12ClN5OS/c17-13-4-2-1-3-10(13)8-21-14(23)9-24-16-12(7-19)5-11(6-18)15(20)22-16/h1-5H,8-9H2,(H2,20,22)(H,21,23)/p+1. The third-order valence-corrected chi connectivity index (χ3v) is 4.48. The number of anilines is 1. The Balaban J connectivity index is 1.97. The number of thioether (sulfide) groups is 1. The summed E-state index contributed by atoms with van der Waals surface area (Å²) in [5.74, 6) is 0.0525. The first kappa shape index (κ1) is 17.6. The topological polar surface area (TPSA) is 117 Å². The van der Waals surface area contributed by atoms with Gasteiger partial charge in [-0.25, -0.2) is 4.98 Å². The van der Waals surface area contributed by atoms with Gasteiger partial charge in [0.2, 0.25) is 5.91 Å². The zero-order valence-corrected chi connectivity index (χ0v) is 14.0. The SMILES string of the molecule is N#Cc1cc(C#N)c(SCC(=O)NCc2ccccc2Cl)[nH+]c1N. The van der Waals surface area contributed by atoms with E-state index < -0.39 is 0 Å². The van der Waals surface area contributed by atoms with Gasteiger partial charge < -0.3 is 5.32 Å². The molecule has 0 aliphatic carbocycles. The lowest BCUT2D eigenvalue weighted by Crippen LogP contribution is -2.25. The largest absolute Gasteiger partial charge is 0.351 e. The van der Waals surface area contributed by atoms with E-state index in [-0.39, 0.29) is 28.6 Å². The minimum absolute atomic E-state index is 0.0982. The number of amides is 1. The molecular weight excluding hydrogens is 346 g/mol. The predicted octanol–water partition coefficient (Wildman–Crippen LogP) is 1.89. The van der Waals surface area contributed by atoms with Crippen LogP contribution in [0.4, 0.5) is 5.82 Å². The minimum Gasteiger partial charge on any atom is -0.351 e. The average Bonchev–Trinajstić information content (AvgIpc) is 2.59. The molecule has 1 aromatic heterocycles. The summed E-state index contributed by atoms with van der Waals surface area (Å²) in [5.41, 5.74) is 6.98. The highest BCUT2D eigenvalue weighted by Crippen LogP contribution is 2.20. The number of hydrogen-bond acceptors (Lipinski definition) is 5. The van der Waals surface area contributed by atoms with E-state index in [1.54, 1.807) is 6.07 Å². The van der Waals surface area contributed by atoms with E-state index in [4.69, 9.17) is 27.9 Å². The van der Waals surface area contributed by atoms with Crippen molar-refractivity contribution in [2.45, 2.75) is 11.6 Å². The number of benzene rings is 1. The molecule has 0 bridgehead atoms. The Labute approximate surface area is 148 Å². The average molecular weight is 359 g/mol. The Morgan fingerprint density at radius 2 is 2.00 bits per heavy atom. The highest BCUT2D eigenvalue weighted by molar-refractivity contribution is 7.99. The second-order valence-corrected chi connectivity index (χ2v) is 6.11. The van der Waals surface area contributed by atoms with Crippen LogP contribution in [0.2, 0.25) is 5.02 Å². The van der Waals surface area contributed by atoms with Crippen LogP contribution in [0, 0.1) is 22.7 Å². The number of carbonyl (C=O) groups is 1. The summed E-state index contributed by atoms with van der Waals surface area (Å²) in [6.45, 7) is 0.323. The first-order valence-corrected chi connectivity index (χ1v) is 8.20. The fraction of sp³-hybridized carbons (Fsp3) is 0.125. The van der Waals surface area contributed by atoms with Crippen LogP contribution < -0.4 is 16.0 Å². The van der Waals surface area contributed by atoms with Crippen molar-refractivity contribution < 1.29 is 9.78 Å². The van der Waals surface area contributed by atoms with Crippen LogP contribution in [0.5, 0.6) is 0 Å². The van der Waals surface area contributed by atoms with Crippen LogP contribution in [-0.4, -0.2) is 11.7 Å². The molecule has 6 nitrogen and oxygen atoms in total. The van der Waals surface area contributed by atoms with Crippen molar-refractivity contribution in [3.63, 3.8) is 0 Å². The van der Waals surface area contributed by atoms with Gasteiger partial charge in [-0.05, 0) is 17.7 Å². The normalized spacial score (nSPS) is 9.79. The second-order valence-electron chi connectivity index (χ2n) is 4.72. The third kappa shape index (κ3) is 4.39. The van der Waals surface area contributed by atoms with Crippen LogP contribution in [-0.2, 0) is 11.3 Å². The van der Waals surface area contributed by atoms with E-state index in [0.717, 1.165) is 17.3 Å².